The monoisotopic (exact) mass is 221 g/mol. The lowest BCUT2D eigenvalue weighted by molar-refractivity contribution is 0.371. The molecule has 16 heavy (non-hydrogen) atoms. The molecule has 0 saturated heterocycles. The Balaban J connectivity index is 2.04. The number of hydrogen-bond acceptors (Lipinski definition) is 5. The van der Waals surface area contributed by atoms with Crippen LogP contribution in [0, 0.1) is 0 Å². The second kappa shape index (κ2) is 4.74. The van der Waals surface area contributed by atoms with Crippen LogP contribution in [-0.2, 0) is 12.8 Å². The predicted molar refractivity (Wildman–Crippen MR) is 63.2 cm³/mol. The van der Waals surface area contributed by atoms with Crippen LogP contribution >= 0.6 is 0 Å². The van der Waals surface area contributed by atoms with E-state index in [1.165, 1.54) is 0 Å². The van der Waals surface area contributed by atoms with Gasteiger partial charge in [-0.3, -0.25) is 0 Å². The molecule has 1 aliphatic carbocycles. The van der Waals surface area contributed by atoms with Gasteiger partial charge >= 0.3 is 0 Å². The van der Waals surface area contributed by atoms with Gasteiger partial charge in [-0.1, -0.05) is 13.8 Å². The van der Waals surface area contributed by atoms with Crippen LogP contribution in [0.1, 0.15) is 38.1 Å². The smallest absolute Gasteiger partial charge is 0.243 e. The molecule has 0 aliphatic heterocycles. The predicted octanol–water partition coefficient (Wildman–Crippen LogP) is 0.898. The molecule has 0 spiro atoms. The van der Waals surface area contributed by atoms with E-state index in [9.17, 15) is 0 Å². The van der Waals surface area contributed by atoms with Gasteiger partial charge in [-0.05, 0) is 25.7 Å². The summed E-state index contributed by atoms with van der Waals surface area (Å²) in [6.45, 7) is 4.16. The largest absolute Gasteiger partial charge is 0.350 e. The van der Waals surface area contributed by atoms with Crippen molar-refractivity contribution in [1.82, 2.24) is 15.2 Å². The summed E-state index contributed by atoms with van der Waals surface area (Å²) in [4.78, 5) is 4.48. The number of hydrogen-bond donors (Lipinski definition) is 2. The van der Waals surface area contributed by atoms with Crippen LogP contribution < -0.4 is 11.1 Å². The molecule has 1 aromatic rings. The molecule has 0 amide bonds. The Hall–Kier alpha value is -1.23. The third kappa shape index (κ3) is 2.29. The second-order valence-corrected chi connectivity index (χ2v) is 4.31. The highest BCUT2D eigenvalue weighted by Crippen LogP contribution is 2.20. The number of nitrogens with one attached hydrogen (secondary N) is 1. The van der Waals surface area contributed by atoms with Crippen LogP contribution in [0.4, 0.5) is 5.95 Å². The molecular weight excluding hydrogens is 202 g/mol. The summed E-state index contributed by atoms with van der Waals surface area (Å²) in [5.74, 6) is 0.644. The fourth-order valence-electron chi connectivity index (χ4n) is 1.96. The molecule has 1 heterocycles. The molecule has 1 aliphatic rings. The maximum atomic E-state index is 5.73. The zero-order chi connectivity index (χ0) is 11.5. The molecule has 3 N–H and O–H groups in total. The van der Waals surface area contributed by atoms with E-state index in [1.807, 2.05) is 0 Å². The maximum Gasteiger partial charge on any atom is 0.243 e. The van der Waals surface area contributed by atoms with E-state index < -0.39 is 0 Å². The zero-order valence-corrected chi connectivity index (χ0v) is 9.90. The third-order valence-electron chi connectivity index (χ3n) is 3.02. The molecule has 1 fully saturated rings. The molecule has 1 saturated carbocycles. The van der Waals surface area contributed by atoms with Gasteiger partial charge in [0.05, 0.1) is 11.4 Å². The highest BCUT2D eigenvalue weighted by atomic mass is 15.3. The third-order valence-corrected chi connectivity index (χ3v) is 3.02. The summed E-state index contributed by atoms with van der Waals surface area (Å²) in [6.07, 6.45) is 3.79. The standard InChI is InChI=1S/C11H19N5/c1-3-9-10(4-2)15-16-11(14-9)13-8-5-7(12)6-8/h7-8H,3-6,12H2,1-2H3,(H,13,14,16). The van der Waals surface area contributed by atoms with Gasteiger partial charge in [0.2, 0.25) is 5.95 Å². The minimum absolute atomic E-state index is 0.339. The summed E-state index contributed by atoms with van der Waals surface area (Å²) in [7, 11) is 0. The van der Waals surface area contributed by atoms with Crippen molar-refractivity contribution in [2.24, 2.45) is 5.73 Å². The molecule has 0 aromatic carbocycles. The quantitative estimate of drug-likeness (QED) is 0.790. The molecule has 0 bridgehead atoms. The number of aromatic nitrogens is 3. The van der Waals surface area contributed by atoms with Crippen molar-refractivity contribution in [1.29, 1.82) is 0 Å². The molecule has 0 atom stereocenters. The van der Waals surface area contributed by atoms with Crippen LogP contribution in [0.3, 0.4) is 0 Å². The molecule has 1 aromatic heterocycles. The van der Waals surface area contributed by atoms with Crippen LogP contribution in [0.5, 0.6) is 0 Å². The molecule has 88 valence electrons. The molecule has 0 unspecified atom stereocenters. The number of aryl methyl sites for hydroxylation is 2. The maximum absolute atomic E-state index is 5.73. The van der Waals surface area contributed by atoms with Crippen molar-refractivity contribution in [2.75, 3.05) is 5.32 Å². The Kier molecular flexibility index (Phi) is 3.33. The fraction of sp³-hybridized carbons (Fsp3) is 0.727. The average molecular weight is 221 g/mol. The van der Waals surface area contributed by atoms with Gasteiger partial charge in [0.15, 0.2) is 0 Å². The lowest BCUT2D eigenvalue weighted by Gasteiger charge is -2.32. The lowest BCUT2D eigenvalue weighted by atomic mass is 9.88. The van der Waals surface area contributed by atoms with Crippen LogP contribution in [-0.4, -0.2) is 27.3 Å². The van der Waals surface area contributed by atoms with E-state index >= 15 is 0 Å². The summed E-state index contributed by atoms with van der Waals surface area (Å²) in [5, 5.41) is 11.6. The highest BCUT2D eigenvalue weighted by Gasteiger charge is 2.26. The van der Waals surface area contributed by atoms with E-state index in [0.717, 1.165) is 37.1 Å². The summed E-state index contributed by atoms with van der Waals surface area (Å²) in [6, 6.07) is 0.764. The van der Waals surface area contributed by atoms with Crippen LogP contribution in [0.15, 0.2) is 0 Å². The Morgan fingerprint density at radius 2 is 1.88 bits per heavy atom. The Labute approximate surface area is 95.9 Å². The molecular formula is C11H19N5. The van der Waals surface area contributed by atoms with Gasteiger partial charge < -0.3 is 11.1 Å². The first kappa shape index (κ1) is 11.3. The second-order valence-electron chi connectivity index (χ2n) is 4.31. The van der Waals surface area contributed by atoms with Crippen molar-refractivity contribution >= 4 is 5.95 Å². The number of nitrogens with two attached hydrogens (primary N) is 1. The average Bonchev–Trinajstić information content (AvgIpc) is 2.27. The summed E-state index contributed by atoms with van der Waals surface area (Å²) in [5.41, 5.74) is 7.77. The Morgan fingerprint density at radius 1 is 1.19 bits per heavy atom. The van der Waals surface area contributed by atoms with Gasteiger partial charge in [0.25, 0.3) is 0 Å². The first-order chi connectivity index (χ1) is 7.72. The summed E-state index contributed by atoms with van der Waals surface area (Å²) >= 11 is 0. The molecule has 5 nitrogen and oxygen atoms in total. The number of nitrogens with zero attached hydrogens (tertiary/aromatic N) is 3. The van der Waals surface area contributed by atoms with Crippen molar-refractivity contribution in [3.8, 4) is 0 Å². The Morgan fingerprint density at radius 3 is 2.44 bits per heavy atom. The van der Waals surface area contributed by atoms with Gasteiger partial charge in [-0.25, -0.2) is 4.98 Å². The van der Waals surface area contributed by atoms with Gasteiger partial charge in [-0.2, -0.15) is 5.10 Å². The minimum atomic E-state index is 0.339. The van der Waals surface area contributed by atoms with Gasteiger partial charge in [0, 0.05) is 12.1 Å². The highest BCUT2D eigenvalue weighted by molar-refractivity contribution is 5.28. The number of anilines is 1. The SMILES string of the molecule is CCc1nnc(NC2CC(N)C2)nc1CC. The van der Waals surface area contributed by atoms with E-state index in [4.69, 9.17) is 5.73 Å². The van der Waals surface area contributed by atoms with E-state index in [1.54, 1.807) is 0 Å². The van der Waals surface area contributed by atoms with E-state index in [-0.39, 0.29) is 0 Å². The minimum Gasteiger partial charge on any atom is -0.350 e. The first-order valence-electron chi connectivity index (χ1n) is 5.97. The van der Waals surface area contributed by atoms with Crippen molar-refractivity contribution in [3.63, 3.8) is 0 Å². The molecule has 5 heteroatoms. The van der Waals surface area contributed by atoms with Crippen molar-refractivity contribution in [3.05, 3.63) is 11.4 Å². The van der Waals surface area contributed by atoms with Crippen LogP contribution in [0.25, 0.3) is 0 Å². The van der Waals surface area contributed by atoms with E-state index in [0.29, 0.717) is 18.0 Å². The zero-order valence-electron chi connectivity index (χ0n) is 9.90. The molecule has 0 radical (unpaired) electrons. The lowest BCUT2D eigenvalue weighted by Crippen LogP contribution is -2.44. The van der Waals surface area contributed by atoms with E-state index in [2.05, 4.69) is 34.3 Å². The van der Waals surface area contributed by atoms with Crippen LogP contribution in [0.2, 0.25) is 0 Å². The van der Waals surface area contributed by atoms with Crippen molar-refractivity contribution < 1.29 is 0 Å². The van der Waals surface area contributed by atoms with Gasteiger partial charge in [0.1, 0.15) is 0 Å². The fourth-order valence-corrected chi connectivity index (χ4v) is 1.96. The molecule has 2 rings (SSSR count). The topological polar surface area (TPSA) is 76.7 Å². The number of rotatable bonds is 4. The first-order valence-corrected chi connectivity index (χ1v) is 5.97. The Bertz CT molecular complexity index is 359. The van der Waals surface area contributed by atoms with Gasteiger partial charge in [-0.15, -0.1) is 5.10 Å². The summed E-state index contributed by atoms with van der Waals surface area (Å²) < 4.78 is 0. The van der Waals surface area contributed by atoms with Crippen molar-refractivity contribution in [2.45, 2.75) is 51.6 Å². The normalized spacial score (nSPS) is 23.9.